The molecule has 3 aromatic heterocycles. The summed E-state index contributed by atoms with van der Waals surface area (Å²) < 4.78 is 3.75. The maximum atomic E-state index is 5.70. The zero-order valence-electron chi connectivity index (χ0n) is 12.0. The molecule has 0 spiro atoms. The fraction of sp³-hybridized carbons (Fsp3) is 0.500. The van der Waals surface area contributed by atoms with Crippen LogP contribution in [0.25, 0.3) is 4.96 Å². The van der Waals surface area contributed by atoms with Crippen molar-refractivity contribution in [3.63, 3.8) is 0 Å². The van der Waals surface area contributed by atoms with Crippen molar-refractivity contribution in [2.45, 2.75) is 40.2 Å². The van der Waals surface area contributed by atoms with Crippen LogP contribution in [0.5, 0.6) is 0 Å². The summed E-state index contributed by atoms with van der Waals surface area (Å²) in [6.07, 6.45) is 0.661. The van der Waals surface area contributed by atoms with E-state index in [2.05, 4.69) is 41.2 Å². The van der Waals surface area contributed by atoms with E-state index < -0.39 is 0 Å². The number of rotatable bonds is 3. The molecule has 0 unspecified atom stereocenters. The summed E-state index contributed by atoms with van der Waals surface area (Å²) in [6, 6.07) is 0.343. The van der Waals surface area contributed by atoms with Crippen LogP contribution in [0.4, 0.5) is 5.13 Å². The highest BCUT2D eigenvalue weighted by atomic mass is 32.1. The molecular formula is C12H17N7S. The van der Waals surface area contributed by atoms with Crippen LogP contribution in [0.3, 0.4) is 0 Å². The normalized spacial score (nSPS) is 11.8. The first-order valence-electron chi connectivity index (χ1n) is 6.48. The molecule has 106 valence electrons. The average molecular weight is 291 g/mol. The van der Waals surface area contributed by atoms with Gasteiger partial charge in [-0.2, -0.15) is 9.61 Å². The van der Waals surface area contributed by atoms with Crippen LogP contribution in [0.1, 0.15) is 42.7 Å². The number of fused-ring (bicyclic) bond motifs is 1. The second-order valence-electron chi connectivity index (χ2n) is 5.12. The minimum absolute atomic E-state index is 0.343. The van der Waals surface area contributed by atoms with Gasteiger partial charge in [-0.15, -0.1) is 15.3 Å². The van der Waals surface area contributed by atoms with Crippen LogP contribution >= 0.6 is 11.3 Å². The number of hydrogen-bond acceptors (Lipinski definition) is 6. The lowest BCUT2D eigenvalue weighted by molar-refractivity contribution is 0.515. The van der Waals surface area contributed by atoms with E-state index in [9.17, 15) is 0 Å². The second-order valence-corrected chi connectivity index (χ2v) is 6.10. The molecule has 0 bridgehead atoms. The minimum Gasteiger partial charge on any atom is -0.374 e. The number of nitrogen functional groups attached to an aromatic ring is 1. The molecule has 0 aliphatic rings. The molecule has 0 fully saturated rings. The number of anilines is 1. The summed E-state index contributed by atoms with van der Waals surface area (Å²) in [7, 11) is 0. The van der Waals surface area contributed by atoms with E-state index in [4.69, 9.17) is 5.73 Å². The molecule has 0 atom stereocenters. The lowest BCUT2D eigenvalue weighted by atomic mass is 10.1. The molecule has 0 aromatic carbocycles. The predicted octanol–water partition coefficient (Wildman–Crippen LogP) is 1.75. The van der Waals surface area contributed by atoms with E-state index in [1.807, 2.05) is 11.6 Å². The fourth-order valence-electron chi connectivity index (χ4n) is 2.40. The topological polar surface area (TPSA) is 86.9 Å². The van der Waals surface area contributed by atoms with Crippen molar-refractivity contribution < 1.29 is 0 Å². The van der Waals surface area contributed by atoms with Gasteiger partial charge in [0.15, 0.2) is 5.82 Å². The molecular weight excluding hydrogens is 274 g/mol. The first-order chi connectivity index (χ1) is 9.47. The highest BCUT2D eigenvalue weighted by molar-refractivity contribution is 7.20. The number of hydrogen-bond donors (Lipinski definition) is 1. The van der Waals surface area contributed by atoms with E-state index >= 15 is 0 Å². The van der Waals surface area contributed by atoms with E-state index in [-0.39, 0.29) is 0 Å². The third kappa shape index (κ3) is 1.96. The van der Waals surface area contributed by atoms with Crippen LogP contribution in [0, 0.1) is 13.8 Å². The molecule has 3 aromatic rings. The number of nitrogens with zero attached hydrogens (tertiary/aromatic N) is 6. The lowest BCUT2D eigenvalue weighted by Gasteiger charge is -2.08. The lowest BCUT2D eigenvalue weighted by Crippen LogP contribution is -2.06. The van der Waals surface area contributed by atoms with Crippen LogP contribution in [-0.4, -0.2) is 29.6 Å². The Labute approximate surface area is 120 Å². The third-order valence-electron chi connectivity index (χ3n) is 3.37. The molecule has 8 heteroatoms. The van der Waals surface area contributed by atoms with Gasteiger partial charge in [-0.05, 0) is 27.7 Å². The van der Waals surface area contributed by atoms with Gasteiger partial charge in [-0.3, -0.25) is 4.68 Å². The van der Waals surface area contributed by atoms with Crippen molar-refractivity contribution in [2.75, 3.05) is 5.73 Å². The molecule has 2 N–H and O–H groups in total. The summed E-state index contributed by atoms with van der Waals surface area (Å²) in [4.78, 5) is 0.726. The molecule has 20 heavy (non-hydrogen) atoms. The van der Waals surface area contributed by atoms with Crippen molar-refractivity contribution in [3.05, 3.63) is 22.8 Å². The summed E-state index contributed by atoms with van der Waals surface area (Å²) in [5.41, 5.74) is 9.07. The quantitative estimate of drug-likeness (QED) is 0.794. The first kappa shape index (κ1) is 13.0. The third-order valence-corrected chi connectivity index (χ3v) is 4.10. The van der Waals surface area contributed by atoms with Crippen LogP contribution in [0.2, 0.25) is 0 Å². The number of aromatic nitrogens is 6. The Bertz CT molecular complexity index is 764. The maximum absolute atomic E-state index is 5.70. The molecule has 0 saturated heterocycles. The molecule has 3 heterocycles. The highest BCUT2D eigenvalue weighted by Crippen LogP contribution is 2.22. The Balaban J connectivity index is 2.02. The molecule has 0 amide bonds. The summed E-state index contributed by atoms with van der Waals surface area (Å²) in [5.74, 6) is 0.794. The van der Waals surface area contributed by atoms with Crippen molar-refractivity contribution in [1.82, 2.24) is 29.6 Å². The zero-order chi connectivity index (χ0) is 14.4. The predicted molar refractivity (Wildman–Crippen MR) is 78.0 cm³/mol. The standard InChI is InChI=1S/C12H17N7S/c1-6(2)18-8(4)9(7(3)16-18)5-10-14-15-12-19(10)17-11(13)20-12/h6H,5H2,1-4H3,(H2,13,17). The second kappa shape index (κ2) is 4.55. The molecule has 0 aliphatic heterocycles. The van der Waals surface area contributed by atoms with E-state index in [1.54, 1.807) is 4.52 Å². The monoisotopic (exact) mass is 291 g/mol. The van der Waals surface area contributed by atoms with Crippen LogP contribution in [-0.2, 0) is 6.42 Å². The highest BCUT2D eigenvalue weighted by Gasteiger charge is 2.17. The zero-order valence-corrected chi connectivity index (χ0v) is 12.8. The summed E-state index contributed by atoms with van der Waals surface area (Å²) in [5, 5.41) is 17.6. The van der Waals surface area contributed by atoms with E-state index in [0.29, 0.717) is 17.6 Å². The van der Waals surface area contributed by atoms with E-state index in [1.165, 1.54) is 16.9 Å². The van der Waals surface area contributed by atoms with Crippen molar-refractivity contribution >= 4 is 21.4 Å². The van der Waals surface area contributed by atoms with E-state index in [0.717, 1.165) is 22.2 Å². The molecule has 0 saturated carbocycles. The Morgan fingerprint density at radius 3 is 2.60 bits per heavy atom. The fourth-order valence-corrected chi connectivity index (χ4v) is 3.02. The van der Waals surface area contributed by atoms with Gasteiger partial charge in [0.2, 0.25) is 10.1 Å². The van der Waals surface area contributed by atoms with Gasteiger partial charge in [0.25, 0.3) is 0 Å². The summed E-state index contributed by atoms with van der Waals surface area (Å²) >= 11 is 1.34. The largest absolute Gasteiger partial charge is 0.374 e. The SMILES string of the molecule is Cc1nn(C(C)C)c(C)c1Cc1nnc2sc(N)nn12. The van der Waals surface area contributed by atoms with Gasteiger partial charge in [0.05, 0.1) is 5.69 Å². The molecule has 0 aliphatic carbocycles. The van der Waals surface area contributed by atoms with Crippen molar-refractivity contribution in [2.24, 2.45) is 0 Å². The smallest absolute Gasteiger partial charge is 0.236 e. The first-order valence-corrected chi connectivity index (χ1v) is 7.30. The van der Waals surface area contributed by atoms with Gasteiger partial charge in [0, 0.05) is 23.7 Å². The van der Waals surface area contributed by atoms with Gasteiger partial charge in [0.1, 0.15) is 0 Å². The molecule has 7 nitrogen and oxygen atoms in total. The molecule has 0 radical (unpaired) electrons. The average Bonchev–Trinajstić information content (AvgIpc) is 2.98. The van der Waals surface area contributed by atoms with Gasteiger partial charge in [-0.25, -0.2) is 0 Å². The van der Waals surface area contributed by atoms with Gasteiger partial charge in [-0.1, -0.05) is 11.3 Å². The Kier molecular flexibility index (Phi) is 2.97. The molecule has 3 rings (SSSR count). The number of aryl methyl sites for hydroxylation is 1. The van der Waals surface area contributed by atoms with Gasteiger partial charge < -0.3 is 5.73 Å². The minimum atomic E-state index is 0.343. The van der Waals surface area contributed by atoms with Crippen LogP contribution in [0.15, 0.2) is 0 Å². The number of nitrogens with two attached hydrogens (primary N) is 1. The van der Waals surface area contributed by atoms with Crippen molar-refractivity contribution in [3.8, 4) is 0 Å². The Hall–Kier alpha value is -1.96. The van der Waals surface area contributed by atoms with Crippen LogP contribution < -0.4 is 5.73 Å². The summed E-state index contributed by atoms with van der Waals surface area (Å²) in [6.45, 7) is 8.36. The maximum Gasteiger partial charge on any atom is 0.236 e. The Morgan fingerprint density at radius 1 is 1.20 bits per heavy atom. The van der Waals surface area contributed by atoms with Crippen molar-refractivity contribution in [1.29, 1.82) is 0 Å². The van der Waals surface area contributed by atoms with Gasteiger partial charge >= 0.3 is 0 Å². The Morgan fingerprint density at radius 2 is 1.95 bits per heavy atom.